The molecule has 3 aromatic rings. The molecule has 0 aliphatic rings. The molecule has 1 aromatic heterocycles. The Morgan fingerprint density at radius 2 is 2.08 bits per heavy atom. The Morgan fingerprint density at radius 1 is 1.27 bits per heavy atom. The standard InChI is InChI=1S/C18H14N4O4/c1-26-11-5-6-12-14(7-11)20-9-10(8-19)16(12)21-13-3-2-4-15(23)17(13)22-18(24)25/h2-7,9,22-23H,1H3,(H,20,21)(H,24,25). The van der Waals surface area contributed by atoms with Crippen LogP contribution >= 0.6 is 0 Å². The molecule has 1 heterocycles. The lowest BCUT2D eigenvalue weighted by Crippen LogP contribution is -2.09. The van der Waals surface area contributed by atoms with E-state index in [1.807, 2.05) is 0 Å². The summed E-state index contributed by atoms with van der Waals surface area (Å²) in [7, 11) is 1.54. The van der Waals surface area contributed by atoms with Gasteiger partial charge < -0.3 is 20.3 Å². The number of nitriles is 1. The molecule has 0 unspecified atom stereocenters. The van der Waals surface area contributed by atoms with Gasteiger partial charge in [-0.3, -0.25) is 10.3 Å². The molecule has 0 spiro atoms. The number of phenols is 1. The number of pyridine rings is 1. The van der Waals surface area contributed by atoms with Crippen LogP contribution < -0.4 is 15.4 Å². The van der Waals surface area contributed by atoms with Crippen LogP contribution in [0.25, 0.3) is 10.9 Å². The summed E-state index contributed by atoms with van der Waals surface area (Å²) in [5.41, 5.74) is 1.60. The molecule has 0 fully saturated rings. The second-order valence-electron chi connectivity index (χ2n) is 5.30. The number of nitrogens with one attached hydrogen (secondary N) is 2. The number of ether oxygens (including phenoxy) is 1. The second-order valence-corrected chi connectivity index (χ2v) is 5.30. The summed E-state index contributed by atoms with van der Waals surface area (Å²) in [5.74, 6) is 0.377. The highest BCUT2D eigenvalue weighted by molar-refractivity contribution is 5.99. The predicted molar refractivity (Wildman–Crippen MR) is 96.0 cm³/mol. The first-order chi connectivity index (χ1) is 12.5. The predicted octanol–water partition coefficient (Wildman–Crippen LogP) is 3.65. The van der Waals surface area contributed by atoms with E-state index in [0.717, 1.165) is 0 Å². The Balaban J connectivity index is 2.16. The van der Waals surface area contributed by atoms with Gasteiger partial charge in [0.05, 0.1) is 29.6 Å². The lowest BCUT2D eigenvalue weighted by molar-refractivity contribution is 0.209. The number of fused-ring (bicyclic) bond motifs is 1. The lowest BCUT2D eigenvalue weighted by Gasteiger charge is -2.16. The van der Waals surface area contributed by atoms with Crippen LogP contribution in [0.2, 0.25) is 0 Å². The van der Waals surface area contributed by atoms with E-state index in [4.69, 9.17) is 9.84 Å². The topological polar surface area (TPSA) is 128 Å². The van der Waals surface area contributed by atoms with E-state index in [2.05, 4.69) is 21.7 Å². The van der Waals surface area contributed by atoms with Gasteiger partial charge in [-0.15, -0.1) is 0 Å². The van der Waals surface area contributed by atoms with Crippen molar-refractivity contribution < 1.29 is 19.7 Å². The van der Waals surface area contributed by atoms with Crippen LogP contribution in [0.5, 0.6) is 11.5 Å². The highest BCUT2D eigenvalue weighted by atomic mass is 16.5. The third-order valence-electron chi connectivity index (χ3n) is 3.73. The van der Waals surface area contributed by atoms with Gasteiger partial charge >= 0.3 is 6.09 Å². The number of carbonyl (C=O) groups is 1. The van der Waals surface area contributed by atoms with Gasteiger partial charge in [-0.2, -0.15) is 5.26 Å². The van der Waals surface area contributed by atoms with Crippen molar-refractivity contribution in [2.24, 2.45) is 0 Å². The zero-order chi connectivity index (χ0) is 18.7. The van der Waals surface area contributed by atoms with E-state index in [1.54, 1.807) is 37.4 Å². The molecule has 0 saturated heterocycles. The fourth-order valence-corrected chi connectivity index (χ4v) is 2.54. The number of nitrogens with zero attached hydrogens (tertiary/aromatic N) is 2. The number of para-hydroxylation sites is 1. The molecule has 0 aliphatic carbocycles. The van der Waals surface area contributed by atoms with Crippen LogP contribution in [0, 0.1) is 11.3 Å². The number of carboxylic acid groups (broad SMARTS) is 1. The summed E-state index contributed by atoms with van der Waals surface area (Å²) >= 11 is 0. The third kappa shape index (κ3) is 3.14. The largest absolute Gasteiger partial charge is 0.506 e. The van der Waals surface area contributed by atoms with Gasteiger partial charge in [0, 0.05) is 17.6 Å². The van der Waals surface area contributed by atoms with Crippen LogP contribution in [0.15, 0.2) is 42.6 Å². The maximum absolute atomic E-state index is 11.0. The van der Waals surface area contributed by atoms with Crippen LogP contribution in [0.3, 0.4) is 0 Å². The van der Waals surface area contributed by atoms with Gasteiger partial charge in [0.2, 0.25) is 0 Å². The maximum atomic E-state index is 11.0. The van der Waals surface area contributed by atoms with Gasteiger partial charge in [0.1, 0.15) is 23.3 Å². The number of hydrogen-bond acceptors (Lipinski definition) is 6. The van der Waals surface area contributed by atoms with Crippen molar-refractivity contribution >= 4 is 34.1 Å². The molecule has 0 radical (unpaired) electrons. The van der Waals surface area contributed by atoms with Crippen LogP contribution in [0.1, 0.15) is 5.56 Å². The monoisotopic (exact) mass is 350 g/mol. The number of amides is 1. The van der Waals surface area contributed by atoms with Crippen LogP contribution in [0.4, 0.5) is 21.9 Å². The summed E-state index contributed by atoms with van der Waals surface area (Å²) in [4.78, 5) is 15.3. The smallest absolute Gasteiger partial charge is 0.409 e. The van der Waals surface area contributed by atoms with Gasteiger partial charge in [-0.1, -0.05) is 6.07 Å². The first-order valence-electron chi connectivity index (χ1n) is 7.49. The minimum absolute atomic E-state index is 0.0117. The SMILES string of the molecule is COc1ccc2c(Nc3cccc(O)c3NC(=O)O)c(C#N)cnc2c1. The summed E-state index contributed by atoms with van der Waals surface area (Å²) < 4.78 is 5.18. The molecule has 1 amide bonds. The van der Waals surface area contributed by atoms with Crippen molar-refractivity contribution in [2.45, 2.75) is 0 Å². The molecule has 0 atom stereocenters. The van der Waals surface area contributed by atoms with E-state index < -0.39 is 6.09 Å². The molecule has 3 rings (SSSR count). The lowest BCUT2D eigenvalue weighted by atomic mass is 10.1. The molecular weight excluding hydrogens is 336 g/mol. The number of phenolic OH excluding ortho intramolecular Hbond substituents is 1. The minimum Gasteiger partial charge on any atom is -0.506 e. The third-order valence-corrected chi connectivity index (χ3v) is 3.73. The Morgan fingerprint density at radius 3 is 2.77 bits per heavy atom. The summed E-state index contributed by atoms with van der Waals surface area (Å²) in [6, 6.07) is 11.8. The quantitative estimate of drug-likeness (QED) is 0.529. The van der Waals surface area contributed by atoms with Gasteiger partial charge in [0.25, 0.3) is 0 Å². The van der Waals surface area contributed by atoms with Crippen molar-refractivity contribution in [1.82, 2.24) is 4.98 Å². The highest BCUT2D eigenvalue weighted by Crippen LogP contribution is 2.37. The van der Waals surface area contributed by atoms with Crippen molar-refractivity contribution in [3.05, 3.63) is 48.2 Å². The van der Waals surface area contributed by atoms with E-state index in [9.17, 15) is 15.2 Å². The number of hydrogen-bond donors (Lipinski definition) is 4. The van der Waals surface area contributed by atoms with Crippen LogP contribution in [-0.2, 0) is 0 Å². The number of methoxy groups -OCH3 is 1. The fourth-order valence-electron chi connectivity index (χ4n) is 2.54. The normalized spacial score (nSPS) is 10.2. The Labute approximate surface area is 148 Å². The molecule has 8 nitrogen and oxygen atoms in total. The highest BCUT2D eigenvalue weighted by Gasteiger charge is 2.15. The summed E-state index contributed by atoms with van der Waals surface area (Å²) in [6.45, 7) is 0. The Bertz CT molecular complexity index is 1040. The molecule has 0 aliphatic heterocycles. The minimum atomic E-state index is -1.32. The maximum Gasteiger partial charge on any atom is 0.409 e. The van der Waals surface area contributed by atoms with Gasteiger partial charge in [-0.05, 0) is 24.3 Å². The zero-order valence-corrected chi connectivity index (χ0v) is 13.6. The zero-order valence-electron chi connectivity index (χ0n) is 13.6. The molecule has 4 N–H and O–H groups in total. The van der Waals surface area contributed by atoms with Crippen molar-refractivity contribution in [3.8, 4) is 17.6 Å². The number of anilines is 3. The molecule has 0 bridgehead atoms. The van der Waals surface area contributed by atoms with Crippen molar-refractivity contribution in [3.63, 3.8) is 0 Å². The van der Waals surface area contributed by atoms with E-state index >= 15 is 0 Å². The average molecular weight is 350 g/mol. The average Bonchev–Trinajstić information content (AvgIpc) is 2.64. The van der Waals surface area contributed by atoms with Crippen LogP contribution in [-0.4, -0.2) is 28.4 Å². The van der Waals surface area contributed by atoms with E-state index in [1.165, 1.54) is 12.3 Å². The van der Waals surface area contributed by atoms with Crippen molar-refractivity contribution in [1.29, 1.82) is 5.26 Å². The molecular formula is C18H14N4O4. The number of aromatic hydroxyl groups is 1. The summed E-state index contributed by atoms with van der Waals surface area (Å²) in [5, 5.41) is 34.2. The molecule has 0 saturated carbocycles. The number of benzene rings is 2. The Hall–Kier alpha value is -3.99. The van der Waals surface area contributed by atoms with E-state index in [0.29, 0.717) is 28.0 Å². The van der Waals surface area contributed by atoms with E-state index in [-0.39, 0.29) is 17.0 Å². The number of aromatic nitrogens is 1. The first kappa shape index (κ1) is 16.9. The Kier molecular flexibility index (Phi) is 4.45. The van der Waals surface area contributed by atoms with Gasteiger partial charge in [0.15, 0.2) is 0 Å². The second kappa shape index (κ2) is 6.86. The summed E-state index contributed by atoms with van der Waals surface area (Å²) in [6.07, 6.45) is 0.0939. The molecule has 8 heteroatoms. The number of rotatable bonds is 4. The van der Waals surface area contributed by atoms with Gasteiger partial charge in [-0.25, -0.2) is 4.79 Å². The molecule has 26 heavy (non-hydrogen) atoms. The first-order valence-corrected chi connectivity index (χ1v) is 7.49. The van der Waals surface area contributed by atoms with Crippen molar-refractivity contribution in [2.75, 3.05) is 17.7 Å². The molecule has 2 aromatic carbocycles. The molecule has 130 valence electrons. The fraction of sp³-hybridized carbons (Fsp3) is 0.0556.